The molecule has 1 aromatic rings. The fourth-order valence-electron chi connectivity index (χ4n) is 1.05. The molecule has 0 aliphatic carbocycles. The Morgan fingerprint density at radius 3 is 2.64 bits per heavy atom. The molecule has 0 spiro atoms. The van der Waals surface area contributed by atoms with Gasteiger partial charge in [0.15, 0.2) is 0 Å². The standard InChI is InChI=1S/C10H20N4/c1-9(10(2,3)4)11-5-7-14-8-6-12-13-14/h6,8-9,11H,5,7H2,1-4H3. The third kappa shape index (κ3) is 3.46. The van der Waals surface area contributed by atoms with E-state index in [0.29, 0.717) is 11.5 Å². The SMILES string of the molecule is CC(NCCn1ccnn1)C(C)(C)C. The van der Waals surface area contributed by atoms with Crippen LogP contribution < -0.4 is 5.32 Å². The first-order chi connectivity index (χ1) is 6.50. The van der Waals surface area contributed by atoms with E-state index >= 15 is 0 Å². The van der Waals surface area contributed by atoms with Crippen molar-refractivity contribution in [2.45, 2.75) is 40.3 Å². The molecule has 1 N–H and O–H groups in total. The maximum Gasteiger partial charge on any atom is 0.0692 e. The maximum atomic E-state index is 3.90. The number of rotatable bonds is 4. The van der Waals surface area contributed by atoms with Gasteiger partial charge in [0.05, 0.1) is 12.7 Å². The highest BCUT2D eigenvalue weighted by Gasteiger charge is 2.18. The Hall–Kier alpha value is -0.900. The Bertz CT molecular complexity index is 248. The minimum atomic E-state index is 0.308. The monoisotopic (exact) mass is 196 g/mol. The van der Waals surface area contributed by atoms with Crippen LogP contribution in [-0.2, 0) is 6.54 Å². The van der Waals surface area contributed by atoms with E-state index in [-0.39, 0.29) is 0 Å². The molecule has 1 rings (SSSR count). The molecule has 0 aromatic carbocycles. The largest absolute Gasteiger partial charge is 0.312 e. The van der Waals surface area contributed by atoms with Gasteiger partial charge in [-0.2, -0.15) is 0 Å². The van der Waals surface area contributed by atoms with Crippen molar-refractivity contribution in [2.24, 2.45) is 5.41 Å². The Kier molecular flexibility index (Phi) is 3.63. The maximum absolute atomic E-state index is 3.90. The summed E-state index contributed by atoms with van der Waals surface area (Å²) < 4.78 is 1.84. The fourth-order valence-corrected chi connectivity index (χ4v) is 1.05. The molecule has 0 bridgehead atoms. The molecule has 1 heterocycles. The normalized spacial score (nSPS) is 14.3. The first-order valence-corrected chi connectivity index (χ1v) is 5.07. The summed E-state index contributed by atoms with van der Waals surface area (Å²) in [5.41, 5.74) is 0.308. The summed E-state index contributed by atoms with van der Waals surface area (Å²) >= 11 is 0. The van der Waals surface area contributed by atoms with Crippen LogP contribution in [-0.4, -0.2) is 27.6 Å². The number of nitrogens with one attached hydrogen (secondary N) is 1. The molecule has 1 unspecified atom stereocenters. The summed E-state index contributed by atoms with van der Waals surface area (Å²) in [7, 11) is 0. The first-order valence-electron chi connectivity index (χ1n) is 5.07. The molecule has 4 heteroatoms. The number of hydrogen-bond acceptors (Lipinski definition) is 3. The van der Waals surface area contributed by atoms with Gasteiger partial charge >= 0.3 is 0 Å². The highest BCUT2D eigenvalue weighted by molar-refractivity contribution is 4.76. The smallest absolute Gasteiger partial charge is 0.0692 e. The van der Waals surface area contributed by atoms with Crippen molar-refractivity contribution in [3.63, 3.8) is 0 Å². The Labute approximate surface area is 85.7 Å². The van der Waals surface area contributed by atoms with Crippen LogP contribution in [0.5, 0.6) is 0 Å². The van der Waals surface area contributed by atoms with Crippen LogP contribution in [0.1, 0.15) is 27.7 Å². The van der Waals surface area contributed by atoms with E-state index in [1.807, 2.05) is 10.9 Å². The van der Waals surface area contributed by atoms with E-state index in [2.05, 4.69) is 43.3 Å². The van der Waals surface area contributed by atoms with Crippen LogP contribution in [0.4, 0.5) is 0 Å². The number of aromatic nitrogens is 3. The molecule has 0 saturated heterocycles. The molecule has 0 saturated carbocycles. The van der Waals surface area contributed by atoms with Crippen molar-refractivity contribution < 1.29 is 0 Å². The van der Waals surface area contributed by atoms with Gasteiger partial charge in [-0.15, -0.1) is 5.10 Å². The Balaban J connectivity index is 2.22. The number of hydrogen-bond donors (Lipinski definition) is 1. The van der Waals surface area contributed by atoms with Gasteiger partial charge in [0, 0.05) is 18.8 Å². The molecule has 0 fully saturated rings. The molecule has 80 valence electrons. The predicted octanol–water partition coefficient (Wildman–Crippen LogP) is 1.30. The Morgan fingerprint density at radius 1 is 1.43 bits per heavy atom. The van der Waals surface area contributed by atoms with Crippen LogP contribution in [0.2, 0.25) is 0 Å². The summed E-state index contributed by atoms with van der Waals surface area (Å²) in [4.78, 5) is 0. The van der Waals surface area contributed by atoms with Gasteiger partial charge in [0.25, 0.3) is 0 Å². The summed E-state index contributed by atoms with van der Waals surface area (Å²) in [6.45, 7) is 10.7. The van der Waals surface area contributed by atoms with Crippen molar-refractivity contribution in [1.82, 2.24) is 20.3 Å². The van der Waals surface area contributed by atoms with E-state index in [4.69, 9.17) is 0 Å². The quantitative estimate of drug-likeness (QED) is 0.789. The van der Waals surface area contributed by atoms with Gasteiger partial charge in [-0.05, 0) is 12.3 Å². The summed E-state index contributed by atoms with van der Waals surface area (Å²) in [6, 6.07) is 0.506. The average molecular weight is 196 g/mol. The topological polar surface area (TPSA) is 42.7 Å². The third-order valence-electron chi connectivity index (χ3n) is 2.56. The lowest BCUT2D eigenvalue weighted by molar-refractivity contribution is 0.282. The van der Waals surface area contributed by atoms with E-state index < -0.39 is 0 Å². The molecule has 0 amide bonds. The first kappa shape index (κ1) is 11.2. The third-order valence-corrected chi connectivity index (χ3v) is 2.56. The van der Waals surface area contributed by atoms with E-state index in [0.717, 1.165) is 13.1 Å². The van der Waals surface area contributed by atoms with Crippen molar-refractivity contribution >= 4 is 0 Å². The highest BCUT2D eigenvalue weighted by atomic mass is 15.4. The summed E-state index contributed by atoms with van der Waals surface area (Å²) in [5, 5.41) is 11.1. The van der Waals surface area contributed by atoms with E-state index in [1.165, 1.54) is 0 Å². The molecular weight excluding hydrogens is 176 g/mol. The second kappa shape index (κ2) is 4.55. The van der Waals surface area contributed by atoms with Crippen molar-refractivity contribution in [3.05, 3.63) is 12.4 Å². The fraction of sp³-hybridized carbons (Fsp3) is 0.800. The molecule has 0 aliphatic rings. The lowest BCUT2D eigenvalue weighted by Crippen LogP contribution is -2.39. The minimum absolute atomic E-state index is 0.308. The van der Waals surface area contributed by atoms with Crippen molar-refractivity contribution in [2.75, 3.05) is 6.54 Å². The lowest BCUT2D eigenvalue weighted by Gasteiger charge is -2.28. The Morgan fingerprint density at radius 2 is 2.14 bits per heavy atom. The molecule has 14 heavy (non-hydrogen) atoms. The van der Waals surface area contributed by atoms with E-state index in [9.17, 15) is 0 Å². The summed E-state index contributed by atoms with van der Waals surface area (Å²) in [5.74, 6) is 0. The predicted molar refractivity (Wildman–Crippen MR) is 56.9 cm³/mol. The molecule has 1 aromatic heterocycles. The lowest BCUT2D eigenvalue weighted by atomic mass is 9.88. The van der Waals surface area contributed by atoms with Gasteiger partial charge in [0.1, 0.15) is 0 Å². The molecular formula is C10H20N4. The van der Waals surface area contributed by atoms with Gasteiger partial charge in [-0.25, -0.2) is 0 Å². The van der Waals surface area contributed by atoms with Gasteiger partial charge < -0.3 is 5.32 Å². The van der Waals surface area contributed by atoms with Crippen molar-refractivity contribution in [3.8, 4) is 0 Å². The van der Waals surface area contributed by atoms with E-state index in [1.54, 1.807) is 6.20 Å². The van der Waals surface area contributed by atoms with Crippen LogP contribution in [0, 0.1) is 5.41 Å². The van der Waals surface area contributed by atoms with Gasteiger partial charge in [0.2, 0.25) is 0 Å². The second-order valence-corrected chi connectivity index (χ2v) is 4.71. The molecule has 1 atom stereocenters. The highest BCUT2D eigenvalue weighted by Crippen LogP contribution is 2.17. The van der Waals surface area contributed by atoms with Crippen molar-refractivity contribution in [1.29, 1.82) is 0 Å². The zero-order valence-electron chi connectivity index (χ0n) is 9.49. The van der Waals surface area contributed by atoms with Gasteiger partial charge in [-0.1, -0.05) is 26.0 Å². The van der Waals surface area contributed by atoms with Gasteiger partial charge in [-0.3, -0.25) is 4.68 Å². The zero-order valence-corrected chi connectivity index (χ0v) is 9.49. The second-order valence-electron chi connectivity index (χ2n) is 4.71. The van der Waals surface area contributed by atoms with Crippen LogP contribution in [0.15, 0.2) is 12.4 Å². The zero-order chi connectivity index (χ0) is 10.6. The average Bonchev–Trinajstić information content (AvgIpc) is 2.55. The molecule has 4 nitrogen and oxygen atoms in total. The molecule has 0 aliphatic heterocycles. The van der Waals surface area contributed by atoms with Crippen LogP contribution in [0.3, 0.4) is 0 Å². The molecule has 0 radical (unpaired) electrons. The minimum Gasteiger partial charge on any atom is -0.312 e. The summed E-state index contributed by atoms with van der Waals surface area (Å²) in [6.07, 6.45) is 3.58. The number of nitrogens with zero attached hydrogens (tertiary/aromatic N) is 3. The van der Waals surface area contributed by atoms with Crippen LogP contribution in [0.25, 0.3) is 0 Å². The van der Waals surface area contributed by atoms with Crippen LogP contribution >= 0.6 is 0 Å².